The van der Waals surface area contributed by atoms with Gasteiger partial charge in [0.05, 0.1) is 17.9 Å². The fourth-order valence-electron chi connectivity index (χ4n) is 2.21. The average Bonchev–Trinajstić information content (AvgIpc) is 2.38. The number of aromatic nitrogens is 2. The highest BCUT2D eigenvalue weighted by Gasteiger charge is 2.20. The second-order valence-electron chi connectivity index (χ2n) is 4.74. The first kappa shape index (κ1) is 13.7. The molecule has 0 aromatic carbocycles. The Hall–Kier alpha value is -1.69. The van der Waals surface area contributed by atoms with Gasteiger partial charge in [0.1, 0.15) is 0 Å². The van der Waals surface area contributed by atoms with Gasteiger partial charge in [-0.25, -0.2) is 14.8 Å². The molecule has 2 N–H and O–H groups in total. The molecule has 104 valence electrons. The van der Waals surface area contributed by atoms with Gasteiger partial charge in [-0.3, -0.25) is 0 Å². The molecular formula is C13H20N4O2. The highest BCUT2D eigenvalue weighted by molar-refractivity contribution is 5.90. The molecule has 1 fully saturated rings. The van der Waals surface area contributed by atoms with Crippen molar-refractivity contribution >= 4 is 11.9 Å². The van der Waals surface area contributed by atoms with Crippen molar-refractivity contribution in [1.82, 2.24) is 9.97 Å². The number of nitrogens with zero attached hydrogens (tertiary/aromatic N) is 3. The minimum atomic E-state index is -0.373. The van der Waals surface area contributed by atoms with Crippen LogP contribution in [0.15, 0.2) is 6.20 Å². The topological polar surface area (TPSA) is 81.3 Å². The lowest BCUT2D eigenvalue weighted by Gasteiger charge is -2.30. The number of carbonyl (C=O) groups is 1. The summed E-state index contributed by atoms with van der Waals surface area (Å²) in [6, 6.07) is 0.169. The lowest BCUT2D eigenvalue weighted by Crippen LogP contribution is -2.43. The molecule has 0 amide bonds. The van der Waals surface area contributed by atoms with E-state index in [2.05, 4.69) is 14.9 Å². The second-order valence-corrected chi connectivity index (χ2v) is 4.74. The molecule has 2 rings (SSSR count). The maximum Gasteiger partial charge on any atom is 0.341 e. The molecule has 0 saturated carbocycles. The largest absolute Gasteiger partial charge is 0.462 e. The first-order valence-corrected chi connectivity index (χ1v) is 6.63. The van der Waals surface area contributed by atoms with E-state index in [1.165, 1.54) is 6.20 Å². The number of rotatable bonds is 3. The Balaban J connectivity index is 2.16. The third-order valence-electron chi connectivity index (χ3n) is 3.20. The molecule has 1 aliphatic heterocycles. The Labute approximate surface area is 113 Å². The molecule has 0 unspecified atom stereocenters. The molecule has 1 aromatic rings. The summed E-state index contributed by atoms with van der Waals surface area (Å²) in [5.41, 5.74) is 7.01. The zero-order valence-electron chi connectivity index (χ0n) is 11.4. The third kappa shape index (κ3) is 3.20. The molecule has 6 heteroatoms. The fraction of sp³-hybridized carbons (Fsp3) is 0.615. The van der Waals surface area contributed by atoms with Crippen LogP contribution in [0, 0.1) is 6.92 Å². The Morgan fingerprint density at radius 3 is 3.05 bits per heavy atom. The highest BCUT2D eigenvalue weighted by Crippen LogP contribution is 2.17. The van der Waals surface area contributed by atoms with E-state index in [0.717, 1.165) is 25.9 Å². The summed E-state index contributed by atoms with van der Waals surface area (Å²) in [5.74, 6) is 0.266. The maximum atomic E-state index is 11.7. The van der Waals surface area contributed by atoms with Crippen molar-refractivity contribution in [3.05, 3.63) is 17.5 Å². The fourth-order valence-corrected chi connectivity index (χ4v) is 2.21. The van der Waals surface area contributed by atoms with Crippen LogP contribution in [0.4, 0.5) is 5.95 Å². The summed E-state index contributed by atoms with van der Waals surface area (Å²) in [6.07, 6.45) is 3.62. The van der Waals surface area contributed by atoms with Crippen molar-refractivity contribution < 1.29 is 9.53 Å². The molecule has 1 aliphatic rings. The molecule has 0 aliphatic carbocycles. The lowest BCUT2D eigenvalue weighted by molar-refractivity contribution is 0.0524. The van der Waals surface area contributed by atoms with Gasteiger partial charge in [-0.15, -0.1) is 0 Å². The molecule has 1 aromatic heterocycles. The molecule has 1 saturated heterocycles. The Bertz CT molecular complexity index is 464. The van der Waals surface area contributed by atoms with Gasteiger partial charge in [0, 0.05) is 25.3 Å². The first-order chi connectivity index (χ1) is 9.11. The van der Waals surface area contributed by atoms with E-state index >= 15 is 0 Å². The summed E-state index contributed by atoms with van der Waals surface area (Å²) >= 11 is 0. The van der Waals surface area contributed by atoms with Crippen molar-refractivity contribution in [2.75, 3.05) is 24.6 Å². The van der Waals surface area contributed by atoms with Crippen LogP contribution in [0.5, 0.6) is 0 Å². The third-order valence-corrected chi connectivity index (χ3v) is 3.20. The van der Waals surface area contributed by atoms with Crippen LogP contribution in [0.2, 0.25) is 0 Å². The van der Waals surface area contributed by atoms with Crippen LogP contribution in [-0.4, -0.2) is 41.7 Å². The first-order valence-electron chi connectivity index (χ1n) is 6.63. The average molecular weight is 264 g/mol. The van der Waals surface area contributed by atoms with Gasteiger partial charge in [-0.1, -0.05) is 0 Å². The molecule has 2 heterocycles. The van der Waals surface area contributed by atoms with Crippen LogP contribution < -0.4 is 10.6 Å². The zero-order chi connectivity index (χ0) is 13.8. The van der Waals surface area contributed by atoms with Gasteiger partial charge >= 0.3 is 5.97 Å². The second kappa shape index (κ2) is 5.97. The predicted molar refractivity (Wildman–Crippen MR) is 72.1 cm³/mol. The number of esters is 1. The predicted octanol–water partition coefficient (Wildman–Crippen LogP) is 0.889. The van der Waals surface area contributed by atoms with Crippen molar-refractivity contribution in [2.45, 2.75) is 32.7 Å². The van der Waals surface area contributed by atoms with E-state index in [9.17, 15) is 4.79 Å². The van der Waals surface area contributed by atoms with Crippen molar-refractivity contribution in [1.29, 1.82) is 0 Å². The van der Waals surface area contributed by atoms with Gasteiger partial charge < -0.3 is 15.4 Å². The van der Waals surface area contributed by atoms with Crippen LogP contribution in [0.3, 0.4) is 0 Å². The highest BCUT2D eigenvalue weighted by atomic mass is 16.5. The number of anilines is 1. The van der Waals surface area contributed by atoms with Crippen LogP contribution in [0.1, 0.15) is 35.8 Å². The molecule has 0 bridgehead atoms. The molecule has 0 spiro atoms. The van der Waals surface area contributed by atoms with Gasteiger partial charge in [-0.2, -0.15) is 0 Å². The van der Waals surface area contributed by atoms with Crippen LogP contribution in [-0.2, 0) is 4.74 Å². The maximum absolute atomic E-state index is 11.7. The van der Waals surface area contributed by atoms with Crippen LogP contribution >= 0.6 is 0 Å². The van der Waals surface area contributed by atoms with Crippen LogP contribution in [0.25, 0.3) is 0 Å². The SMILES string of the molecule is CCOC(=O)c1cnc(N2CCC[C@@H](N)C2)nc1C. The summed E-state index contributed by atoms with van der Waals surface area (Å²) in [5, 5.41) is 0. The molecule has 0 radical (unpaired) electrons. The Morgan fingerprint density at radius 1 is 1.63 bits per heavy atom. The smallest absolute Gasteiger partial charge is 0.341 e. The standard InChI is InChI=1S/C13H20N4O2/c1-3-19-12(18)11-7-15-13(16-9(11)2)17-6-4-5-10(14)8-17/h7,10H,3-6,8,14H2,1-2H3/t10-/m1/s1. The van der Waals surface area contributed by atoms with Crippen molar-refractivity contribution in [3.8, 4) is 0 Å². The van der Waals surface area contributed by atoms with E-state index < -0.39 is 0 Å². The minimum absolute atomic E-state index is 0.169. The monoisotopic (exact) mass is 264 g/mol. The van der Waals surface area contributed by atoms with Gasteiger partial charge in [0.25, 0.3) is 0 Å². The normalized spacial score (nSPS) is 19.3. The van der Waals surface area contributed by atoms with E-state index in [4.69, 9.17) is 10.5 Å². The van der Waals surface area contributed by atoms with Crippen molar-refractivity contribution in [2.24, 2.45) is 5.73 Å². The van der Waals surface area contributed by atoms with E-state index in [1.54, 1.807) is 13.8 Å². The molecular weight excluding hydrogens is 244 g/mol. The van der Waals surface area contributed by atoms with Crippen molar-refractivity contribution in [3.63, 3.8) is 0 Å². The zero-order valence-corrected chi connectivity index (χ0v) is 11.4. The quantitative estimate of drug-likeness (QED) is 0.816. The molecule has 1 atom stereocenters. The number of nitrogens with two attached hydrogens (primary N) is 1. The number of aryl methyl sites for hydroxylation is 1. The minimum Gasteiger partial charge on any atom is -0.462 e. The summed E-state index contributed by atoms with van der Waals surface area (Å²) in [4.78, 5) is 22.4. The summed E-state index contributed by atoms with van der Waals surface area (Å²) < 4.78 is 4.96. The Kier molecular flexibility index (Phi) is 4.31. The number of piperidine rings is 1. The van der Waals surface area contributed by atoms with Gasteiger partial charge in [-0.05, 0) is 26.7 Å². The van der Waals surface area contributed by atoms with E-state index in [0.29, 0.717) is 23.8 Å². The number of hydrogen-bond acceptors (Lipinski definition) is 6. The van der Waals surface area contributed by atoms with E-state index in [-0.39, 0.29) is 12.0 Å². The van der Waals surface area contributed by atoms with Gasteiger partial charge in [0.15, 0.2) is 0 Å². The Morgan fingerprint density at radius 2 is 2.42 bits per heavy atom. The molecule has 19 heavy (non-hydrogen) atoms. The lowest BCUT2D eigenvalue weighted by atomic mass is 10.1. The summed E-state index contributed by atoms with van der Waals surface area (Å²) in [6.45, 7) is 5.59. The number of hydrogen-bond donors (Lipinski definition) is 1. The van der Waals surface area contributed by atoms with Gasteiger partial charge in [0.2, 0.25) is 5.95 Å². The molecule has 6 nitrogen and oxygen atoms in total. The van der Waals surface area contributed by atoms with E-state index in [1.807, 2.05) is 0 Å². The number of carbonyl (C=O) groups excluding carboxylic acids is 1. The number of ether oxygens (including phenoxy) is 1. The summed E-state index contributed by atoms with van der Waals surface area (Å²) in [7, 11) is 0.